The molecule has 21 nitrogen and oxygen atoms in total. The van der Waals surface area contributed by atoms with Gasteiger partial charge in [0.15, 0.2) is 29.1 Å². The van der Waals surface area contributed by atoms with Crippen LogP contribution in [0.5, 0.6) is 0 Å². The van der Waals surface area contributed by atoms with Gasteiger partial charge in [0.1, 0.15) is 17.1 Å². The average molecular weight is 695 g/mol. The summed E-state index contributed by atoms with van der Waals surface area (Å²) in [6.45, 7) is 2.48. The number of nitrogen functional groups attached to an aromatic ring is 2. The van der Waals surface area contributed by atoms with Gasteiger partial charge in [-0.3, -0.25) is 24.3 Å². The maximum atomic E-state index is 13.3. The second-order valence-corrected chi connectivity index (χ2v) is 12.5. The van der Waals surface area contributed by atoms with E-state index in [0.717, 1.165) is 16.4 Å². The lowest BCUT2D eigenvalue weighted by atomic mass is 10.0. The van der Waals surface area contributed by atoms with Crippen molar-refractivity contribution in [2.24, 2.45) is 28.7 Å². The smallest absolute Gasteiger partial charge is 0.352 e. The summed E-state index contributed by atoms with van der Waals surface area (Å²) in [5.41, 5.74) is 20.3. The summed E-state index contributed by atoms with van der Waals surface area (Å²) in [7, 11) is 1.61. The zero-order chi connectivity index (χ0) is 34.8. The van der Waals surface area contributed by atoms with Gasteiger partial charge in [0.2, 0.25) is 29.2 Å². The largest absolute Gasteiger partial charge is 0.478 e. The first-order chi connectivity index (χ1) is 22.0. The van der Waals surface area contributed by atoms with Gasteiger partial charge >= 0.3 is 11.9 Å². The van der Waals surface area contributed by atoms with Crippen molar-refractivity contribution >= 4 is 81.3 Å². The molecule has 2 aromatic rings. The Morgan fingerprint density at radius 1 is 1.23 bits per heavy atom. The highest BCUT2D eigenvalue weighted by molar-refractivity contribution is 8.00. The number of nitrogens with two attached hydrogens (primary N) is 4. The van der Waals surface area contributed by atoms with Crippen LogP contribution in [0.25, 0.3) is 0 Å². The molecular formula is C24H32N13O8S2+. The molecule has 47 heavy (non-hydrogen) atoms. The molecule has 2 aliphatic rings. The number of nitrogens with one attached hydrogen (secondary N) is 2. The number of aliphatic imine (C=N–C) groups is 1. The zero-order valence-electron chi connectivity index (χ0n) is 25.2. The number of rotatable bonds is 13. The zero-order valence-corrected chi connectivity index (χ0v) is 26.8. The molecule has 1 saturated heterocycles. The van der Waals surface area contributed by atoms with Crippen LogP contribution in [0.4, 0.5) is 16.6 Å². The lowest BCUT2D eigenvalue weighted by molar-refractivity contribution is -0.765. The number of anilines is 3. The topological polar surface area (TPSA) is 326 Å². The van der Waals surface area contributed by atoms with Gasteiger partial charge in [-0.2, -0.15) is 9.36 Å². The summed E-state index contributed by atoms with van der Waals surface area (Å²) in [5.74, 6) is -4.90. The van der Waals surface area contributed by atoms with Gasteiger partial charge in [-0.05, 0) is 13.8 Å². The van der Waals surface area contributed by atoms with Crippen molar-refractivity contribution in [1.29, 1.82) is 0 Å². The van der Waals surface area contributed by atoms with E-state index < -0.39 is 52.4 Å². The van der Waals surface area contributed by atoms with Gasteiger partial charge in [-0.1, -0.05) is 5.16 Å². The highest BCUT2D eigenvalue weighted by Gasteiger charge is 2.55. The lowest BCUT2D eigenvalue weighted by Crippen LogP contribution is -2.71. The number of hydrogen-bond donors (Lipinski definition) is 8. The highest BCUT2D eigenvalue weighted by atomic mass is 32.2. The summed E-state index contributed by atoms with van der Waals surface area (Å²) in [5, 5.41) is 27.4. The number of oxime groups is 1. The number of fused-ring (bicyclic) bond motifs is 1. The monoisotopic (exact) mass is 694 g/mol. The molecule has 0 aromatic carbocycles. The normalized spacial score (nSPS) is 17.8. The van der Waals surface area contributed by atoms with Crippen LogP contribution in [0.3, 0.4) is 0 Å². The van der Waals surface area contributed by atoms with E-state index in [1.165, 1.54) is 36.5 Å². The standard InChI is InChI=1S/C24H31N13O8S2/c1-24(2,21(43)44)45-33-12(16-32-23(28)47-34-16)17(39)31-13-18(40)37-14(20(41)42)9(8-46-19(13)37)6-36-7-10(15(25)35(36)3)30-11(38)4-5-29-22(26)27/h7,13,19,25H,4-6,8H2,1-3H3,(H10,26,27,28,29,30,31,32,34,38,39,41,42,43,44)/p+1/b33-12-/t13-,19-/m1/s1. The number of amides is 3. The van der Waals surface area contributed by atoms with E-state index in [4.69, 9.17) is 27.8 Å². The Labute approximate surface area is 273 Å². The number of hydrogen-bond acceptors (Lipinski definition) is 14. The molecular weight excluding hydrogens is 662 g/mol. The molecule has 0 spiro atoms. The van der Waals surface area contributed by atoms with Crippen LogP contribution in [0.1, 0.15) is 26.1 Å². The SMILES string of the molecule is Cn1c(N)c(NC(=O)CCN=C(N)N)c[n+]1CC1=C(C(=O)O)N2C(=O)[C@@H](NC(=O)/C(=N\OC(C)(C)C(=O)O)c3nsc(N)n3)[C@H]2SC1. The Morgan fingerprint density at radius 2 is 1.94 bits per heavy atom. The van der Waals surface area contributed by atoms with Crippen molar-refractivity contribution in [2.75, 3.05) is 29.1 Å². The molecule has 12 N–H and O–H groups in total. The Hall–Kier alpha value is -5.45. The van der Waals surface area contributed by atoms with Crippen molar-refractivity contribution in [3.63, 3.8) is 0 Å². The molecule has 1 fully saturated rings. The fraction of sp³-hybridized carbons (Fsp3) is 0.417. The molecule has 252 valence electrons. The van der Waals surface area contributed by atoms with E-state index in [2.05, 4.69) is 30.1 Å². The van der Waals surface area contributed by atoms with Crippen molar-refractivity contribution in [3.05, 3.63) is 23.3 Å². The van der Waals surface area contributed by atoms with E-state index in [-0.39, 0.29) is 59.4 Å². The first-order valence-electron chi connectivity index (χ1n) is 13.5. The number of thioether (sulfide) groups is 1. The summed E-state index contributed by atoms with van der Waals surface area (Å²) in [6.07, 6.45) is 1.51. The molecule has 2 atom stereocenters. The number of guanidine groups is 1. The molecule has 4 heterocycles. The Bertz CT molecular complexity index is 1730. The maximum absolute atomic E-state index is 13.3. The maximum Gasteiger partial charge on any atom is 0.352 e. The number of β-lactam (4-membered cyclic amide) rings is 1. The van der Waals surface area contributed by atoms with Gasteiger partial charge in [0.05, 0.1) is 13.6 Å². The fourth-order valence-electron chi connectivity index (χ4n) is 4.29. The van der Waals surface area contributed by atoms with Gasteiger partial charge in [-0.25, -0.2) is 9.59 Å². The van der Waals surface area contributed by atoms with Crippen LogP contribution < -0.4 is 38.3 Å². The molecule has 23 heteroatoms. The molecule has 2 aromatic heterocycles. The van der Waals surface area contributed by atoms with E-state index in [1.54, 1.807) is 11.7 Å². The molecule has 3 amide bonds. The van der Waals surface area contributed by atoms with Crippen molar-refractivity contribution < 1.29 is 43.7 Å². The summed E-state index contributed by atoms with van der Waals surface area (Å²) in [4.78, 5) is 76.5. The average Bonchev–Trinajstić information content (AvgIpc) is 3.53. The van der Waals surface area contributed by atoms with Crippen LogP contribution in [0, 0.1) is 0 Å². The van der Waals surface area contributed by atoms with Gasteiger partial charge in [-0.15, -0.1) is 21.1 Å². The van der Waals surface area contributed by atoms with Crippen molar-refractivity contribution in [1.82, 2.24) is 24.3 Å². The van der Waals surface area contributed by atoms with E-state index in [0.29, 0.717) is 5.57 Å². The molecule has 0 unspecified atom stereocenters. The minimum Gasteiger partial charge on any atom is -0.478 e. The van der Waals surface area contributed by atoms with Gasteiger partial charge < -0.3 is 48.6 Å². The number of carboxylic acids is 2. The third-order valence-corrected chi connectivity index (χ3v) is 8.72. The molecule has 2 aliphatic heterocycles. The van der Waals surface area contributed by atoms with Crippen molar-refractivity contribution in [2.45, 2.75) is 43.8 Å². The molecule has 0 bridgehead atoms. The third-order valence-electron chi connectivity index (χ3n) is 6.83. The molecule has 0 radical (unpaired) electrons. The first-order valence-corrected chi connectivity index (χ1v) is 15.3. The van der Waals surface area contributed by atoms with Crippen LogP contribution in [-0.2, 0) is 42.4 Å². The number of carbonyl (C=O) groups is 5. The highest BCUT2D eigenvalue weighted by Crippen LogP contribution is 2.40. The number of carboxylic acid groups (broad SMARTS) is 2. The van der Waals surface area contributed by atoms with Crippen LogP contribution in [-0.4, -0.2) is 99.8 Å². The predicted molar refractivity (Wildman–Crippen MR) is 167 cm³/mol. The first kappa shape index (κ1) is 34.4. The molecule has 4 rings (SSSR count). The minimum atomic E-state index is -1.82. The lowest BCUT2D eigenvalue weighted by Gasteiger charge is -2.49. The van der Waals surface area contributed by atoms with Gasteiger partial charge in [0.25, 0.3) is 11.8 Å². The fourth-order valence-corrected chi connectivity index (χ4v) is 6.06. The third kappa shape index (κ3) is 7.35. The quantitative estimate of drug-likeness (QED) is 0.0339. The Kier molecular flexibility index (Phi) is 9.89. The van der Waals surface area contributed by atoms with Gasteiger partial charge in [0, 0.05) is 29.3 Å². The number of carbonyl (C=O) groups excluding carboxylic acids is 3. The van der Waals surface area contributed by atoms with Crippen molar-refractivity contribution in [3.8, 4) is 0 Å². The van der Waals surface area contributed by atoms with E-state index in [9.17, 15) is 34.2 Å². The van der Waals surface area contributed by atoms with E-state index >= 15 is 0 Å². The second-order valence-electron chi connectivity index (χ2n) is 10.6. The minimum absolute atomic E-state index is 0.00282. The van der Waals surface area contributed by atoms with Crippen LogP contribution in [0.15, 0.2) is 27.6 Å². The summed E-state index contributed by atoms with van der Waals surface area (Å²) < 4.78 is 6.99. The Morgan fingerprint density at radius 3 is 2.53 bits per heavy atom. The van der Waals surface area contributed by atoms with Crippen LogP contribution >= 0.6 is 23.3 Å². The second kappa shape index (κ2) is 13.5. The van der Waals surface area contributed by atoms with Crippen LogP contribution in [0.2, 0.25) is 0 Å². The summed E-state index contributed by atoms with van der Waals surface area (Å²) in [6, 6.07) is -1.17. The Balaban J connectivity index is 1.52. The van der Waals surface area contributed by atoms with E-state index in [1.807, 2.05) is 0 Å². The summed E-state index contributed by atoms with van der Waals surface area (Å²) >= 11 is 1.95. The predicted octanol–water partition coefficient (Wildman–Crippen LogP) is -3.05. The molecule has 0 saturated carbocycles. The number of nitrogens with zero attached hydrogens (tertiary/aromatic N) is 7. The number of aliphatic carboxylic acids is 2. The number of aromatic nitrogens is 4. The molecule has 0 aliphatic carbocycles.